The highest BCUT2D eigenvalue weighted by Crippen LogP contribution is 2.50. The van der Waals surface area contributed by atoms with Crippen LogP contribution in [-0.4, -0.2) is 43.0 Å². The van der Waals surface area contributed by atoms with E-state index in [4.69, 9.17) is 13.6 Å². The van der Waals surface area contributed by atoms with Gasteiger partial charge in [-0.1, -0.05) is 42.5 Å². The molecule has 2 aromatic rings. The average molecular weight is 416 g/mol. The molecule has 29 heavy (non-hydrogen) atoms. The van der Waals surface area contributed by atoms with E-state index >= 15 is 0 Å². The number of para-hydroxylation sites is 1. The number of rotatable bonds is 8. The molecule has 8 heteroatoms. The van der Waals surface area contributed by atoms with E-state index < -0.39 is 7.82 Å². The highest BCUT2D eigenvalue weighted by atomic mass is 31.2. The number of phosphoric ester groups is 1. The van der Waals surface area contributed by atoms with Gasteiger partial charge in [0.25, 0.3) is 5.91 Å². The van der Waals surface area contributed by atoms with E-state index in [0.717, 1.165) is 5.56 Å². The zero-order valence-corrected chi connectivity index (χ0v) is 17.5. The average Bonchev–Trinajstić information content (AvgIpc) is 2.84. The summed E-state index contributed by atoms with van der Waals surface area (Å²) in [5.74, 6) is -0.0249. The van der Waals surface area contributed by atoms with E-state index in [1.807, 2.05) is 30.3 Å². The lowest BCUT2D eigenvalue weighted by atomic mass is 10.1. The first-order valence-electron chi connectivity index (χ1n) is 9.63. The number of hydrogen-bond acceptors (Lipinski definition) is 6. The summed E-state index contributed by atoms with van der Waals surface area (Å²) in [6, 6.07) is 16.9. The smallest absolute Gasteiger partial charge is 0.388 e. The van der Waals surface area contributed by atoms with E-state index in [2.05, 4.69) is 4.99 Å². The van der Waals surface area contributed by atoms with Gasteiger partial charge in [0, 0.05) is 6.54 Å². The molecular weight excluding hydrogens is 391 g/mol. The molecule has 0 unspecified atom stereocenters. The van der Waals surface area contributed by atoms with E-state index in [9.17, 15) is 9.36 Å². The number of carbonyl (C=O) groups is 1. The lowest BCUT2D eigenvalue weighted by Crippen LogP contribution is -2.36. The number of nitrogens with zero attached hydrogens (tertiary/aromatic N) is 2. The van der Waals surface area contributed by atoms with E-state index in [1.165, 1.54) is 0 Å². The van der Waals surface area contributed by atoms with Gasteiger partial charge in [0.1, 0.15) is 0 Å². The largest absolute Gasteiger partial charge is 0.531 e. The van der Waals surface area contributed by atoms with Gasteiger partial charge in [0.15, 0.2) is 0 Å². The molecule has 0 aliphatic carbocycles. The molecule has 0 N–H and O–H groups in total. The Kier molecular flexibility index (Phi) is 7.20. The summed E-state index contributed by atoms with van der Waals surface area (Å²) < 4.78 is 28.9. The van der Waals surface area contributed by atoms with Crippen LogP contribution in [0.3, 0.4) is 0 Å². The molecule has 0 fully saturated rings. The molecule has 1 aliphatic heterocycles. The third-order valence-electron chi connectivity index (χ3n) is 4.30. The molecule has 1 heterocycles. The predicted octanol–water partition coefficient (Wildman–Crippen LogP) is 4.61. The van der Waals surface area contributed by atoms with Crippen LogP contribution in [0, 0.1) is 0 Å². The summed E-state index contributed by atoms with van der Waals surface area (Å²) in [6.07, 6.45) is 0.677. The second-order valence-corrected chi connectivity index (χ2v) is 7.95. The Labute approximate surface area is 170 Å². The van der Waals surface area contributed by atoms with Crippen molar-refractivity contribution in [1.29, 1.82) is 0 Å². The van der Waals surface area contributed by atoms with Crippen LogP contribution in [-0.2, 0) is 24.6 Å². The van der Waals surface area contributed by atoms with Crippen LogP contribution in [0.15, 0.2) is 59.6 Å². The van der Waals surface area contributed by atoms with Crippen LogP contribution in [0.25, 0.3) is 0 Å². The number of carbonyl (C=O) groups excluding carboxylic acids is 1. The maximum atomic E-state index is 13.1. The zero-order chi connectivity index (χ0) is 20.7. The van der Waals surface area contributed by atoms with Gasteiger partial charge in [-0.15, -0.1) is 0 Å². The van der Waals surface area contributed by atoms with Crippen molar-refractivity contribution in [1.82, 2.24) is 4.90 Å². The maximum absolute atomic E-state index is 13.1. The third-order valence-corrected chi connectivity index (χ3v) is 5.88. The molecule has 0 spiro atoms. The molecule has 0 atom stereocenters. The van der Waals surface area contributed by atoms with Crippen LogP contribution in [0.4, 0.5) is 5.69 Å². The van der Waals surface area contributed by atoms with Crippen LogP contribution in [0.5, 0.6) is 0 Å². The van der Waals surface area contributed by atoms with Gasteiger partial charge in [-0.2, -0.15) is 0 Å². The Hall–Kier alpha value is -2.47. The SMILES string of the molecule is CCOP(=O)(OCC)OC1=Nc2ccccc2C(=O)N(CCc2ccccc2)C1. The van der Waals surface area contributed by atoms with Gasteiger partial charge in [-0.25, -0.2) is 9.56 Å². The quantitative estimate of drug-likeness (QED) is 0.587. The first kappa shape index (κ1) is 21.2. The molecule has 0 saturated carbocycles. The highest BCUT2D eigenvalue weighted by Gasteiger charge is 2.32. The Morgan fingerprint density at radius 1 is 1.00 bits per heavy atom. The third kappa shape index (κ3) is 5.54. The van der Waals surface area contributed by atoms with Gasteiger partial charge in [-0.3, -0.25) is 13.8 Å². The molecular formula is C21H25N2O5P. The first-order valence-corrected chi connectivity index (χ1v) is 11.1. The Morgan fingerprint density at radius 2 is 1.66 bits per heavy atom. The van der Waals surface area contributed by atoms with Crippen molar-refractivity contribution >= 4 is 25.3 Å². The Balaban J connectivity index is 1.86. The molecule has 0 saturated heterocycles. The fourth-order valence-corrected chi connectivity index (χ4v) is 4.17. The number of hydrogen-bond donors (Lipinski definition) is 0. The van der Waals surface area contributed by atoms with Gasteiger partial charge in [0.05, 0.1) is 31.0 Å². The molecule has 0 aromatic heterocycles. The number of phosphoric acid groups is 1. The molecule has 1 aliphatic rings. The van der Waals surface area contributed by atoms with Crippen LogP contribution in [0.2, 0.25) is 0 Å². The van der Waals surface area contributed by atoms with Crippen molar-refractivity contribution in [2.75, 3.05) is 26.3 Å². The summed E-state index contributed by atoms with van der Waals surface area (Å²) in [7, 11) is -3.81. The number of aliphatic imine (C=N–C) groups is 1. The predicted molar refractivity (Wildman–Crippen MR) is 112 cm³/mol. The summed E-state index contributed by atoms with van der Waals surface area (Å²) in [5, 5.41) is 0. The number of amides is 1. The van der Waals surface area contributed by atoms with Crippen molar-refractivity contribution in [3.8, 4) is 0 Å². The number of benzene rings is 2. The van der Waals surface area contributed by atoms with E-state index in [-0.39, 0.29) is 31.6 Å². The maximum Gasteiger partial charge on any atom is 0.531 e. The summed E-state index contributed by atoms with van der Waals surface area (Å²) in [5.41, 5.74) is 2.06. The van der Waals surface area contributed by atoms with Crippen LogP contribution < -0.4 is 0 Å². The molecule has 3 rings (SSSR count). The minimum atomic E-state index is -3.81. The minimum Gasteiger partial charge on any atom is -0.388 e. The molecule has 1 amide bonds. The molecule has 0 bridgehead atoms. The molecule has 154 valence electrons. The van der Waals surface area contributed by atoms with Gasteiger partial charge >= 0.3 is 7.82 Å². The monoisotopic (exact) mass is 416 g/mol. The minimum absolute atomic E-state index is 0.0739. The van der Waals surface area contributed by atoms with E-state index in [0.29, 0.717) is 24.2 Å². The Morgan fingerprint density at radius 3 is 2.34 bits per heavy atom. The molecule has 0 radical (unpaired) electrons. The summed E-state index contributed by atoms with van der Waals surface area (Å²) in [6.45, 7) is 4.27. The number of fused-ring (bicyclic) bond motifs is 1. The fraction of sp³-hybridized carbons (Fsp3) is 0.333. The first-order chi connectivity index (χ1) is 14.0. The summed E-state index contributed by atoms with van der Waals surface area (Å²) in [4.78, 5) is 19.2. The van der Waals surface area contributed by atoms with Crippen molar-refractivity contribution in [3.05, 3.63) is 65.7 Å². The van der Waals surface area contributed by atoms with Crippen molar-refractivity contribution in [2.45, 2.75) is 20.3 Å². The topological polar surface area (TPSA) is 77.4 Å². The standard InChI is InChI=1S/C21H25N2O5P/c1-3-26-29(25,27-4-2)28-20-16-23(15-14-17-10-6-5-7-11-17)21(24)18-12-8-9-13-19(18)22-20/h5-13H,3-4,14-16H2,1-2H3. The van der Waals surface area contributed by atoms with E-state index in [1.54, 1.807) is 43.0 Å². The highest BCUT2D eigenvalue weighted by molar-refractivity contribution is 7.49. The summed E-state index contributed by atoms with van der Waals surface area (Å²) >= 11 is 0. The van der Waals surface area contributed by atoms with Gasteiger partial charge in [0.2, 0.25) is 5.90 Å². The second kappa shape index (κ2) is 9.83. The normalized spacial score (nSPS) is 14.2. The lowest BCUT2D eigenvalue weighted by Gasteiger charge is -2.23. The van der Waals surface area contributed by atoms with Crippen molar-refractivity contribution < 1.29 is 22.9 Å². The molecule has 7 nitrogen and oxygen atoms in total. The van der Waals surface area contributed by atoms with Crippen molar-refractivity contribution in [3.63, 3.8) is 0 Å². The van der Waals surface area contributed by atoms with Crippen molar-refractivity contribution in [2.24, 2.45) is 4.99 Å². The Bertz CT molecular complexity index is 906. The molecule has 2 aromatic carbocycles. The van der Waals surface area contributed by atoms with Gasteiger partial charge in [-0.05, 0) is 38.0 Å². The fourth-order valence-electron chi connectivity index (χ4n) is 3.00. The lowest BCUT2D eigenvalue weighted by molar-refractivity contribution is 0.0775. The van der Waals surface area contributed by atoms with Gasteiger partial charge < -0.3 is 9.42 Å². The van der Waals surface area contributed by atoms with Crippen LogP contribution in [0.1, 0.15) is 29.8 Å². The van der Waals surface area contributed by atoms with Crippen LogP contribution >= 0.6 is 7.82 Å². The second-order valence-electron chi connectivity index (χ2n) is 6.36. The zero-order valence-electron chi connectivity index (χ0n) is 16.6.